The van der Waals surface area contributed by atoms with Gasteiger partial charge in [-0.2, -0.15) is 5.10 Å². The number of para-hydroxylation sites is 1. The maximum absolute atomic E-state index is 12.7. The van der Waals surface area contributed by atoms with Crippen molar-refractivity contribution in [1.29, 1.82) is 0 Å². The van der Waals surface area contributed by atoms with Crippen LogP contribution >= 0.6 is 23.1 Å². The van der Waals surface area contributed by atoms with Crippen LogP contribution in [-0.2, 0) is 9.53 Å². The molecule has 0 radical (unpaired) electrons. The fourth-order valence-electron chi connectivity index (χ4n) is 2.87. The Bertz CT molecular complexity index is 1230. The molecule has 0 atom stereocenters. The number of rotatable bonds is 8. The first kappa shape index (κ1) is 22.5. The van der Waals surface area contributed by atoms with Crippen molar-refractivity contribution >= 4 is 46.0 Å². The molecule has 2 aromatic carbocycles. The smallest absolute Gasteiger partial charge is 0.413 e. The van der Waals surface area contributed by atoms with Crippen LogP contribution in [0.25, 0.3) is 16.9 Å². The lowest BCUT2D eigenvalue weighted by Crippen LogP contribution is -2.16. The van der Waals surface area contributed by atoms with Crippen LogP contribution in [0.1, 0.15) is 6.92 Å². The van der Waals surface area contributed by atoms with E-state index in [0.717, 1.165) is 16.9 Å². The van der Waals surface area contributed by atoms with Crippen LogP contribution in [0.4, 0.5) is 15.7 Å². The summed E-state index contributed by atoms with van der Waals surface area (Å²) >= 11 is 2.39. The van der Waals surface area contributed by atoms with E-state index in [1.165, 1.54) is 23.1 Å². The normalized spacial score (nSPS) is 10.6. The number of aromatic nitrogens is 4. The molecule has 0 aliphatic heterocycles. The maximum atomic E-state index is 12.7. The molecule has 4 aromatic rings. The van der Waals surface area contributed by atoms with Crippen LogP contribution in [0.5, 0.6) is 0 Å². The van der Waals surface area contributed by atoms with Crippen LogP contribution in [0, 0.1) is 0 Å². The van der Waals surface area contributed by atoms with Crippen molar-refractivity contribution in [3.8, 4) is 16.9 Å². The van der Waals surface area contributed by atoms with E-state index in [4.69, 9.17) is 9.84 Å². The average Bonchev–Trinajstić information content (AvgIpc) is 3.46. The van der Waals surface area contributed by atoms with Gasteiger partial charge in [-0.25, -0.2) is 9.48 Å². The summed E-state index contributed by atoms with van der Waals surface area (Å²) < 4.78 is 7.07. The number of nitrogens with zero attached hydrogens (tertiary/aromatic N) is 4. The van der Waals surface area contributed by atoms with E-state index in [2.05, 4.69) is 20.8 Å². The SMILES string of the molecule is CCOC(=O)Nc1nnc(SCC(=O)Nc2cc(-c3ccccc3)nn2-c2ccccc2)s1. The topological polar surface area (TPSA) is 111 Å². The van der Waals surface area contributed by atoms with Gasteiger partial charge in [0, 0.05) is 11.6 Å². The van der Waals surface area contributed by atoms with Gasteiger partial charge in [-0.1, -0.05) is 71.6 Å². The molecule has 4 rings (SSSR count). The lowest BCUT2D eigenvalue weighted by molar-refractivity contribution is -0.113. The van der Waals surface area contributed by atoms with Crippen molar-refractivity contribution in [3.63, 3.8) is 0 Å². The van der Waals surface area contributed by atoms with Gasteiger partial charge in [0.15, 0.2) is 4.34 Å². The quantitative estimate of drug-likeness (QED) is 0.278. The van der Waals surface area contributed by atoms with Gasteiger partial charge in [0.05, 0.1) is 23.7 Å². The van der Waals surface area contributed by atoms with Crippen molar-refractivity contribution in [1.82, 2.24) is 20.0 Å². The molecule has 0 spiro atoms. The molecule has 0 aliphatic carbocycles. The molecule has 2 N–H and O–H groups in total. The van der Waals surface area contributed by atoms with Crippen molar-refractivity contribution in [2.24, 2.45) is 0 Å². The number of thioether (sulfide) groups is 1. The van der Waals surface area contributed by atoms with E-state index < -0.39 is 6.09 Å². The van der Waals surface area contributed by atoms with Crippen molar-refractivity contribution in [2.45, 2.75) is 11.3 Å². The molecule has 0 fully saturated rings. The highest BCUT2D eigenvalue weighted by Gasteiger charge is 2.15. The third kappa shape index (κ3) is 5.96. The molecule has 9 nitrogen and oxygen atoms in total. The van der Waals surface area contributed by atoms with Gasteiger partial charge in [0.1, 0.15) is 5.82 Å². The van der Waals surface area contributed by atoms with Gasteiger partial charge in [-0.05, 0) is 19.1 Å². The molecular weight excluding hydrogens is 460 g/mol. The molecule has 2 aromatic heterocycles. The molecule has 0 aliphatic rings. The number of benzene rings is 2. The molecule has 2 heterocycles. The van der Waals surface area contributed by atoms with Crippen LogP contribution in [-0.4, -0.2) is 44.3 Å². The molecule has 168 valence electrons. The number of ether oxygens (including phenoxy) is 1. The molecule has 0 saturated carbocycles. The standard InChI is InChI=1S/C22H20N6O3S2/c1-2-31-21(30)24-20-25-26-22(33-20)32-14-19(29)23-18-13-17(15-9-5-3-6-10-15)27-28(18)16-11-7-4-8-12-16/h3-13H,2,14H2,1H3,(H,23,29)(H,24,25,30). The van der Waals surface area contributed by atoms with E-state index in [-0.39, 0.29) is 18.3 Å². The number of amides is 2. The Hall–Kier alpha value is -3.70. The largest absolute Gasteiger partial charge is 0.450 e. The third-order valence-electron chi connectivity index (χ3n) is 4.26. The lowest BCUT2D eigenvalue weighted by atomic mass is 10.2. The minimum absolute atomic E-state index is 0.120. The summed E-state index contributed by atoms with van der Waals surface area (Å²) in [7, 11) is 0. The van der Waals surface area contributed by atoms with Crippen LogP contribution in [0.2, 0.25) is 0 Å². The summed E-state index contributed by atoms with van der Waals surface area (Å²) in [6.07, 6.45) is -0.591. The van der Waals surface area contributed by atoms with Crippen LogP contribution in [0.3, 0.4) is 0 Å². The Morgan fingerprint density at radius 2 is 1.76 bits per heavy atom. The van der Waals surface area contributed by atoms with Crippen molar-refractivity contribution in [3.05, 3.63) is 66.7 Å². The van der Waals surface area contributed by atoms with E-state index in [1.807, 2.05) is 66.7 Å². The zero-order chi connectivity index (χ0) is 23.0. The molecule has 33 heavy (non-hydrogen) atoms. The number of carbonyl (C=O) groups excluding carboxylic acids is 2. The lowest BCUT2D eigenvalue weighted by Gasteiger charge is -2.08. The summed E-state index contributed by atoms with van der Waals surface area (Å²) in [5, 5.41) is 18.3. The molecule has 0 saturated heterocycles. The summed E-state index contributed by atoms with van der Waals surface area (Å²) in [4.78, 5) is 24.1. The first-order valence-corrected chi connectivity index (χ1v) is 11.8. The Morgan fingerprint density at radius 1 is 1.03 bits per heavy atom. The number of hydrogen-bond donors (Lipinski definition) is 2. The number of hydrogen-bond acceptors (Lipinski definition) is 8. The van der Waals surface area contributed by atoms with Gasteiger partial charge in [-0.3, -0.25) is 10.1 Å². The van der Waals surface area contributed by atoms with E-state index in [0.29, 0.717) is 15.3 Å². The summed E-state index contributed by atoms with van der Waals surface area (Å²) in [6, 6.07) is 21.2. The first-order chi connectivity index (χ1) is 16.1. The number of carbonyl (C=O) groups is 2. The zero-order valence-electron chi connectivity index (χ0n) is 17.6. The van der Waals surface area contributed by atoms with Gasteiger partial charge >= 0.3 is 6.09 Å². The Balaban J connectivity index is 1.45. The molecule has 0 unspecified atom stereocenters. The molecule has 2 amide bonds. The minimum atomic E-state index is -0.591. The van der Waals surface area contributed by atoms with E-state index in [1.54, 1.807) is 11.6 Å². The zero-order valence-corrected chi connectivity index (χ0v) is 19.2. The van der Waals surface area contributed by atoms with Crippen LogP contribution < -0.4 is 10.6 Å². The summed E-state index contributed by atoms with van der Waals surface area (Å²) in [5.41, 5.74) is 2.54. The second-order valence-electron chi connectivity index (χ2n) is 6.58. The maximum Gasteiger partial charge on any atom is 0.413 e. The summed E-state index contributed by atoms with van der Waals surface area (Å²) in [5.74, 6) is 0.466. The highest BCUT2D eigenvalue weighted by Crippen LogP contribution is 2.27. The molecular formula is C22H20N6O3S2. The van der Waals surface area contributed by atoms with Crippen molar-refractivity contribution in [2.75, 3.05) is 23.0 Å². The predicted molar refractivity (Wildman–Crippen MR) is 129 cm³/mol. The predicted octanol–water partition coefficient (Wildman–Crippen LogP) is 4.69. The first-order valence-electron chi connectivity index (χ1n) is 10.0. The van der Waals surface area contributed by atoms with E-state index >= 15 is 0 Å². The summed E-state index contributed by atoms with van der Waals surface area (Å²) in [6.45, 7) is 1.98. The minimum Gasteiger partial charge on any atom is -0.450 e. The van der Waals surface area contributed by atoms with Gasteiger partial charge in [-0.15, -0.1) is 10.2 Å². The number of nitrogens with one attached hydrogen (secondary N) is 2. The highest BCUT2D eigenvalue weighted by atomic mass is 32.2. The second-order valence-corrected chi connectivity index (χ2v) is 8.78. The highest BCUT2D eigenvalue weighted by molar-refractivity contribution is 8.01. The second kappa shape index (κ2) is 10.7. The average molecular weight is 481 g/mol. The number of anilines is 2. The monoisotopic (exact) mass is 480 g/mol. The Morgan fingerprint density at radius 3 is 2.48 bits per heavy atom. The van der Waals surface area contributed by atoms with E-state index in [9.17, 15) is 9.59 Å². The Kier molecular flexibility index (Phi) is 7.33. The fourth-order valence-corrected chi connectivity index (χ4v) is 4.40. The Labute approximate surface area is 198 Å². The molecule has 11 heteroatoms. The van der Waals surface area contributed by atoms with Gasteiger partial charge in [0.25, 0.3) is 0 Å². The van der Waals surface area contributed by atoms with Crippen LogP contribution in [0.15, 0.2) is 71.1 Å². The van der Waals surface area contributed by atoms with Gasteiger partial charge in [0.2, 0.25) is 11.0 Å². The third-order valence-corrected chi connectivity index (χ3v) is 6.24. The molecule has 0 bridgehead atoms. The van der Waals surface area contributed by atoms with Gasteiger partial charge < -0.3 is 10.1 Å². The fraction of sp³-hybridized carbons (Fsp3) is 0.136. The van der Waals surface area contributed by atoms with Crippen molar-refractivity contribution < 1.29 is 14.3 Å².